The van der Waals surface area contributed by atoms with E-state index >= 15 is 0 Å². The van der Waals surface area contributed by atoms with E-state index in [9.17, 15) is 4.79 Å². The fraction of sp³-hybridized carbons (Fsp3) is 0.333. The summed E-state index contributed by atoms with van der Waals surface area (Å²) in [6.07, 6.45) is -0.232. The fourth-order valence-corrected chi connectivity index (χ4v) is 4.47. The molecule has 0 bridgehead atoms. The second-order valence-electron chi connectivity index (χ2n) is 8.04. The average molecular weight is 488 g/mol. The molecule has 0 N–H and O–H groups in total. The first kappa shape index (κ1) is 22.2. The third-order valence-corrected chi connectivity index (χ3v) is 6.59. The highest BCUT2D eigenvalue weighted by Gasteiger charge is 2.27. The van der Waals surface area contributed by atoms with Crippen LogP contribution in [0.15, 0.2) is 53.3 Å². The molecule has 2 aliphatic rings. The van der Waals surface area contributed by atoms with Crippen LogP contribution in [0.4, 0.5) is 0 Å². The monoisotopic (exact) mass is 487 g/mol. The van der Waals surface area contributed by atoms with Crippen LogP contribution in [0.5, 0.6) is 11.8 Å². The zero-order valence-electron chi connectivity index (χ0n) is 17.9. The van der Waals surface area contributed by atoms with Crippen molar-refractivity contribution in [2.75, 3.05) is 32.9 Å². The zero-order chi connectivity index (χ0) is 22.8. The van der Waals surface area contributed by atoms with Gasteiger partial charge in [0.15, 0.2) is 6.10 Å². The molecule has 0 unspecified atom stereocenters. The molecule has 3 heterocycles. The van der Waals surface area contributed by atoms with Crippen molar-refractivity contribution in [2.45, 2.75) is 19.2 Å². The Morgan fingerprint density at radius 3 is 2.67 bits per heavy atom. The van der Waals surface area contributed by atoms with E-state index in [2.05, 4.69) is 9.88 Å². The summed E-state index contributed by atoms with van der Waals surface area (Å²) in [5.74, 6) is 0.715. The Balaban J connectivity index is 1.23. The van der Waals surface area contributed by atoms with Gasteiger partial charge in [-0.3, -0.25) is 14.3 Å². The average Bonchev–Trinajstić information content (AvgIpc) is 3.24. The van der Waals surface area contributed by atoms with E-state index in [4.69, 9.17) is 37.4 Å². The summed E-state index contributed by atoms with van der Waals surface area (Å²) in [4.78, 5) is 18.4. The van der Waals surface area contributed by atoms with Crippen LogP contribution in [-0.4, -0.2) is 53.5 Å². The standard InChI is InChI=1S/C24H23Cl2N3O4/c25-21-3-1-2-20(23(21)26)16-4-6-18(7-5-16)32-15-19-14-29-17(12-22(30)27-24(29)33-19)13-28-8-10-31-11-9-28/h1-7,12,19H,8-11,13-15H2/t19-/m0/s1. The molecule has 2 aromatic carbocycles. The van der Waals surface area contributed by atoms with Gasteiger partial charge >= 0.3 is 6.01 Å². The van der Waals surface area contributed by atoms with Crippen LogP contribution in [0.1, 0.15) is 5.69 Å². The molecular weight excluding hydrogens is 465 g/mol. The predicted molar refractivity (Wildman–Crippen MR) is 126 cm³/mol. The molecule has 0 radical (unpaired) electrons. The van der Waals surface area contributed by atoms with Crippen LogP contribution in [0.25, 0.3) is 11.1 Å². The van der Waals surface area contributed by atoms with Gasteiger partial charge in [-0.05, 0) is 23.8 Å². The topological polar surface area (TPSA) is 65.8 Å². The van der Waals surface area contributed by atoms with Gasteiger partial charge in [0.25, 0.3) is 5.56 Å². The van der Waals surface area contributed by atoms with E-state index < -0.39 is 0 Å². The third kappa shape index (κ3) is 5.01. The van der Waals surface area contributed by atoms with Crippen molar-refractivity contribution in [1.82, 2.24) is 14.5 Å². The van der Waals surface area contributed by atoms with Crippen LogP contribution < -0.4 is 15.0 Å². The number of morpholine rings is 1. The highest BCUT2D eigenvalue weighted by Crippen LogP contribution is 2.34. The summed E-state index contributed by atoms with van der Waals surface area (Å²) in [5, 5.41) is 1.05. The van der Waals surface area contributed by atoms with Gasteiger partial charge in [0.1, 0.15) is 12.4 Å². The number of nitrogens with zero attached hydrogens (tertiary/aromatic N) is 3. The molecule has 0 saturated carbocycles. The van der Waals surface area contributed by atoms with Crippen molar-refractivity contribution >= 4 is 23.2 Å². The molecule has 1 fully saturated rings. The van der Waals surface area contributed by atoms with Gasteiger partial charge in [-0.25, -0.2) is 0 Å². The lowest BCUT2D eigenvalue weighted by Crippen LogP contribution is -2.36. The maximum absolute atomic E-state index is 12.1. The molecule has 0 amide bonds. The molecular formula is C24H23Cl2N3O4. The number of halogens is 2. The number of hydrogen-bond donors (Lipinski definition) is 0. The molecule has 2 aliphatic heterocycles. The Labute approximate surface area is 201 Å². The van der Waals surface area contributed by atoms with Gasteiger partial charge in [-0.2, -0.15) is 4.98 Å². The van der Waals surface area contributed by atoms with Crippen molar-refractivity contribution in [3.05, 3.63) is 74.6 Å². The molecule has 3 aromatic rings. The first-order valence-corrected chi connectivity index (χ1v) is 11.6. The number of hydrogen-bond acceptors (Lipinski definition) is 6. The predicted octanol–water partition coefficient (Wildman–Crippen LogP) is 3.89. The molecule has 5 rings (SSSR count). The fourth-order valence-electron chi connectivity index (χ4n) is 4.06. The SMILES string of the molecule is O=c1cc(CN2CCOCC2)n2c(n1)O[C@H](COc1ccc(-c3cccc(Cl)c3Cl)cc1)C2. The van der Waals surface area contributed by atoms with Crippen LogP contribution in [0.2, 0.25) is 10.0 Å². The van der Waals surface area contributed by atoms with Crippen LogP contribution in [-0.2, 0) is 17.8 Å². The molecule has 1 atom stereocenters. The van der Waals surface area contributed by atoms with Crippen LogP contribution in [0, 0.1) is 0 Å². The Morgan fingerprint density at radius 1 is 1.09 bits per heavy atom. The van der Waals surface area contributed by atoms with Crippen LogP contribution >= 0.6 is 23.2 Å². The summed E-state index contributed by atoms with van der Waals surface area (Å²) in [5.41, 5.74) is 2.43. The summed E-state index contributed by atoms with van der Waals surface area (Å²) in [6.45, 7) is 4.68. The van der Waals surface area contributed by atoms with Gasteiger partial charge in [0, 0.05) is 37.0 Å². The first-order chi connectivity index (χ1) is 16.1. The highest BCUT2D eigenvalue weighted by atomic mass is 35.5. The maximum atomic E-state index is 12.1. The molecule has 0 spiro atoms. The summed E-state index contributed by atoms with van der Waals surface area (Å²) >= 11 is 12.5. The normalized spacial score (nSPS) is 18.1. The van der Waals surface area contributed by atoms with E-state index in [1.165, 1.54) is 0 Å². The van der Waals surface area contributed by atoms with Gasteiger partial charge in [0.2, 0.25) is 0 Å². The van der Waals surface area contributed by atoms with E-state index in [0.717, 1.165) is 29.9 Å². The number of aromatic nitrogens is 2. The lowest BCUT2D eigenvalue weighted by molar-refractivity contribution is 0.0331. The minimum absolute atomic E-state index is 0.232. The third-order valence-electron chi connectivity index (χ3n) is 5.77. The lowest BCUT2D eigenvalue weighted by atomic mass is 10.1. The van der Waals surface area contributed by atoms with E-state index in [-0.39, 0.29) is 11.7 Å². The number of rotatable bonds is 6. The molecule has 1 saturated heterocycles. The molecule has 7 nitrogen and oxygen atoms in total. The Hall–Kier alpha value is -2.58. The molecule has 0 aliphatic carbocycles. The first-order valence-electron chi connectivity index (χ1n) is 10.8. The van der Waals surface area contributed by atoms with Crippen molar-refractivity contribution in [3.63, 3.8) is 0 Å². The van der Waals surface area contributed by atoms with Gasteiger partial charge in [-0.1, -0.05) is 47.5 Å². The van der Waals surface area contributed by atoms with Crippen LogP contribution in [0.3, 0.4) is 0 Å². The molecule has 1 aromatic heterocycles. The largest absolute Gasteiger partial charge is 0.490 e. The smallest absolute Gasteiger partial charge is 0.300 e. The summed E-state index contributed by atoms with van der Waals surface area (Å²) < 4.78 is 19.2. The van der Waals surface area contributed by atoms with E-state index in [1.807, 2.05) is 41.0 Å². The summed E-state index contributed by atoms with van der Waals surface area (Å²) in [6, 6.07) is 15.2. The van der Waals surface area contributed by atoms with Gasteiger partial charge in [-0.15, -0.1) is 0 Å². The minimum Gasteiger partial charge on any atom is -0.490 e. The molecule has 33 heavy (non-hydrogen) atoms. The second kappa shape index (κ2) is 9.73. The zero-order valence-corrected chi connectivity index (χ0v) is 19.4. The Morgan fingerprint density at radius 2 is 1.88 bits per heavy atom. The van der Waals surface area contributed by atoms with Crippen molar-refractivity contribution in [3.8, 4) is 22.9 Å². The quantitative estimate of drug-likeness (QED) is 0.525. The number of fused-ring (bicyclic) bond motifs is 1. The Bertz CT molecular complexity index is 1190. The molecule has 9 heteroatoms. The molecule has 172 valence electrons. The highest BCUT2D eigenvalue weighted by molar-refractivity contribution is 6.43. The lowest BCUT2D eigenvalue weighted by Gasteiger charge is -2.27. The summed E-state index contributed by atoms with van der Waals surface area (Å²) in [7, 11) is 0. The maximum Gasteiger partial charge on any atom is 0.300 e. The Kier molecular flexibility index (Phi) is 6.55. The van der Waals surface area contributed by atoms with Crippen molar-refractivity contribution in [2.24, 2.45) is 0 Å². The van der Waals surface area contributed by atoms with Crippen molar-refractivity contribution < 1.29 is 14.2 Å². The van der Waals surface area contributed by atoms with Crippen molar-refractivity contribution in [1.29, 1.82) is 0 Å². The second-order valence-corrected chi connectivity index (χ2v) is 8.83. The minimum atomic E-state index is -0.290. The van der Waals surface area contributed by atoms with E-state index in [0.29, 0.717) is 54.7 Å². The number of benzene rings is 2. The van der Waals surface area contributed by atoms with Gasteiger partial charge < -0.3 is 14.2 Å². The van der Waals surface area contributed by atoms with Gasteiger partial charge in [0.05, 0.1) is 29.8 Å². The number of ether oxygens (including phenoxy) is 3. The van der Waals surface area contributed by atoms with E-state index in [1.54, 1.807) is 12.1 Å².